The van der Waals surface area contributed by atoms with Crippen LogP contribution in [0.1, 0.15) is 18.9 Å². The van der Waals surface area contributed by atoms with Crippen LogP contribution < -0.4 is 0 Å². The van der Waals surface area contributed by atoms with E-state index in [2.05, 4.69) is 6.07 Å². The molecule has 0 saturated heterocycles. The van der Waals surface area contributed by atoms with Crippen molar-refractivity contribution in [2.75, 3.05) is 26.7 Å². The van der Waals surface area contributed by atoms with Gasteiger partial charge in [0.25, 0.3) is 0 Å². The minimum absolute atomic E-state index is 0.164. The van der Waals surface area contributed by atoms with Crippen LogP contribution in [0.4, 0.5) is 0 Å². The largest absolute Gasteiger partial charge is 0.465 e. The van der Waals surface area contributed by atoms with Crippen molar-refractivity contribution in [3.63, 3.8) is 0 Å². The molecule has 0 aliphatic rings. The first kappa shape index (κ1) is 15.0. The Labute approximate surface area is 114 Å². The fraction of sp³-hybridized carbons (Fsp3) is 0.500. The van der Waals surface area contributed by atoms with E-state index in [-0.39, 0.29) is 5.97 Å². The van der Waals surface area contributed by atoms with E-state index in [1.807, 2.05) is 37.1 Å². The zero-order valence-corrected chi connectivity index (χ0v) is 11.7. The summed E-state index contributed by atoms with van der Waals surface area (Å²) in [5.74, 6) is -0.164. The average molecular weight is 270 g/mol. The van der Waals surface area contributed by atoms with Crippen molar-refractivity contribution in [1.82, 2.24) is 4.90 Å². The van der Waals surface area contributed by atoms with Crippen molar-refractivity contribution in [3.8, 4) is 0 Å². The lowest BCUT2D eigenvalue weighted by molar-refractivity contribution is -0.144. The Morgan fingerprint density at radius 1 is 1.44 bits per heavy atom. The van der Waals surface area contributed by atoms with Crippen LogP contribution >= 0.6 is 11.6 Å². The number of nitrogens with zero attached hydrogens (tertiary/aromatic N) is 1. The van der Waals surface area contributed by atoms with Gasteiger partial charge in [-0.3, -0.25) is 9.69 Å². The molecule has 0 radical (unpaired) electrons. The predicted molar refractivity (Wildman–Crippen MR) is 73.9 cm³/mol. The monoisotopic (exact) mass is 269 g/mol. The van der Waals surface area contributed by atoms with Gasteiger partial charge in [0.1, 0.15) is 0 Å². The zero-order valence-electron chi connectivity index (χ0n) is 11.0. The summed E-state index contributed by atoms with van der Waals surface area (Å²) in [6.45, 7) is 3.47. The molecule has 0 atom stereocenters. The van der Waals surface area contributed by atoms with E-state index < -0.39 is 0 Å². The van der Waals surface area contributed by atoms with Crippen LogP contribution in [0.15, 0.2) is 24.3 Å². The van der Waals surface area contributed by atoms with Crippen LogP contribution in [-0.4, -0.2) is 37.6 Å². The number of ether oxygens (including phenoxy) is 1. The number of benzene rings is 1. The van der Waals surface area contributed by atoms with Crippen LogP contribution in [0.25, 0.3) is 0 Å². The standard InChI is InChI=1S/C14H20ClNO2/c1-3-18-14(17)11-16(2)9-5-7-12-6-4-8-13(15)10-12/h4,6,8,10H,3,5,7,9,11H2,1-2H3. The van der Waals surface area contributed by atoms with Crippen molar-refractivity contribution in [2.24, 2.45) is 0 Å². The predicted octanol–water partition coefficient (Wildman–Crippen LogP) is 2.77. The van der Waals surface area contributed by atoms with Gasteiger partial charge in [-0.25, -0.2) is 0 Å². The molecule has 18 heavy (non-hydrogen) atoms. The second-order valence-electron chi connectivity index (χ2n) is 4.28. The maximum absolute atomic E-state index is 11.2. The van der Waals surface area contributed by atoms with Gasteiger partial charge in [0.2, 0.25) is 0 Å². The molecule has 0 saturated carbocycles. The number of halogens is 1. The Kier molecular flexibility index (Phi) is 6.76. The highest BCUT2D eigenvalue weighted by atomic mass is 35.5. The quantitative estimate of drug-likeness (QED) is 0.713. The van der Waals surface area contributed by atoms with Gasteiger partial charge in [-0.1, -0.05) is 23.7 Å². The molecule has 0 bridgehead atoms. The Morgan fingerprint density at radius 3 is 2.89 bits per heavy atom. The summed E-state index contributed by atoms with van der Waals surface area (Å²) >= 11 is 5.92. The number of hydrogen-bond acceptors (Lipinski definition) is 3. The fourth-order valence-electron chi connectivity index (χ4n) is 1.75. The number of rotatable bonds is 7. The zero-order chi connectivity index (χ0) is 13.4. The molecule has 1 aromatic carbocycles. The second-order valence-corrected chi connectivity index (χ2v) is 4.71. The molecule has 0 aliphatic carbocycles. The van der Waals surface area contributed by atoms with E-state index in [0.29, 0.717) is 13.2 Å². The Morgan fingerprint density at radius 2 is 2.22 bits per heavy atom. The number of carbonyl (C=O) groups excluding carboxylic acids is 1. The average Bonchev–Trinajstić information content (AvgIpc) is 2.29. The van der Waals surface area contributed by atoms with Crippen molar-refractivity contribution in [3.05, 3.63) is 34.9 Å². The highest BCUT2D eigenvalue weighted by Gasteiger charge is 2.06. The maximum atomic E-state index is 11.2. The molecule has 0 unspecified atom stereocenters. The third-order valence-corrected chi connectivity index (χ3v) is 2.83. The fourth-order valence-corrected chi connectivity index (χ4v) is 1.96. The third kappa shape index (κ3) is 6.03. The van der Waals surface area contributed by atoms with Crippen LogP contribution in [0, 0.1) is 0 Å². The molecule has 0 aromatic heterocycles. The van der Waals surface area contributed by atoms with Crippen molar-refractivity contribution >= 4 is 17.6 Å². The van der Waals surface area contributed by atoms with Gasteiger partial charge in [-0.05, 0) is 51.1 Å². The molecule has 1 aromatic rings. The van der Waals surface area contributed by atoms with Gasteiger partial charge in [0, 0.05) is 5.02 Å². The van der Waals surface area contributed by atoms with E-state index in [4.69, 9.17) is 16.3 Å². The van der Waals surface area contributed by atoms with Crippen LogP contribution in [0.3, 0.4) is 0 Å². The number of likely N-dealkylation sites (N-methyl/N-ethyl adjacent to an activating group) is 1. The molecule has 1 rings (SSSR count). The summed E-state index contributed by atoms with van der Waals surface area (Å²) in [4.78, 5) is 13.2. The van der Waals surface area contributed by atoms with Crippen molar-refractivity contribution < 1.29 is 9.53 Å². The summed E-state index contributed by atoms with van der Waals surface area (Å²) in [5.41, 5.74) is 1.23. The molecule has 100 valence electrons. The molecule has 4 heteroatoms. The van der Waals surface area contributed by atoms with Crippen molar-refractivity contribution in [2.45, 2.75) is 19.8 Å². The van der Waals surface area contributed by atoms with Gasteiger partial charge < -0.3 is 4.74 Å². The summed E-state index contributed by atoms with van der Waals surface area (Å²) in [6, 6.07) is 7.88. The van der Waals surface area contributed by atoms with E-state index in [0.717, 1.165) is 24.4 Å². The highest BCUT2D eigenvalue weighted by Crippen LogP contribution is 2.12. The van der Waals surface area contributed by atoms with Gasteiger partial charge in [-0.2, -0.15) is 0 Å². The number of esters is 1. The lowest BCUT2D eigenvalue weighted by atomic mass is 10.1. The van der Waals surface area contributed by atoms with E-state index in [1.54, 1.807) is 0 Å². The van der Waals surface area contributed by atoms with Crippen LogP contribution in [-0.2, 0) is 16.0 Å². The molecule has 0 N–H and O–H groups in total. The normalized spacial score (nSPS) is 10.7. The summed E-state index contributed by atoms with van der Waals surface area (Å²) in [7, 11) is 1.93. The molecule has 3 nitrogen and oxygen atoms in total. The number of hydrogen-bond donors (Lipinski definition) is 0. The SMILES string of the molecule is CCOC(=O)CN(C)CCCc1cccc(Cl)c1. The Balaban J connectivity index is 2.23. The molecular weight excluding hydrogens is 250 g/mol. The second kappa shape index (κ2) is 8.11. The van der Waals surface area contributed by atoms with E-state index in [1.165, 1.54) is 5.56 Å². The summed E-state index contributed by atoms with van der Waals surface area (Å²) < 4.78 is 4.89. The number of aryl methyl sites for hydroxylation is 1. The summed E-state index contributed by atoms with van der Waals surface area (Å²) in [5, 5.41) is 0.771. The molecule has 0 amide bonds. The molecule has 0 spiro atoms. The topological polar surface area (TPSA) is 29.5 Å². The lowest BCUT2D eigenvalue weighted by Crippen LogP contribution is -2.28. The Bertz CT molecular complexity index is 382. The Hall–Kier alpha value is -1.06. The lowest BCUT2D eigenvalue weighted by Gasteiger charge is -2.15. The maximum Gasteiger partial charge on any atom is 0.320 e. The minimum Gasteiger partial charge on any atom is -0.465 e. The molecular formula is C14H20ClNO2. The first-order chi connectivity index (χ1) is 8.61. The first-order valence-corrected chi connectivity index (χ1v) is 6.58. The van der Waals surface area contributed by atoms with Gasteiger partial charge >= 0.3 is 5.97 Å². The van der Waals surface area contributed by atoms with Crippen LogP contribution in [0.2, 0.25) is 5.02 Å². The number of carbonyl (C=O) groups is 1. The van der Waals surface area contributed by atoms with Crippen molar-refractivity contribution in [1.29, 1.82) is 0 Å². The minimum atomic E-state index is -0.164. The summed E-state index contributed by atoms with van der Waals surface area (Å²) in [6.07, 6.45) is 1.96. The first-order valence-electron chi connectivity index (χ1n) is 6.20. The third-order valence-electron chi connectivity index (χ3n) is 2.60. The van der Waals surface area contributed by atoms with Crippen LogP contribution in [0.5, 0.6) is 0 Å². The molecule has 0 heterocycles. The van der Waals surface area contributed by atoms with Gasteiger partial charge in [-0.15, -0.1) is 0 Å². The molecule has 0 aliphatic heterocycles. The van der Waals surface area contributed by atoms with E-state index >= 15 is 0 Å². The highest BCUT2D eigenvalue weighted by molar-refractivity contribution is 6.30. The van der Waals surface area contributed by atoms with Gasteiger partial charge in [0.05, 0.1) is 13.2 Å². The van der Waals surface area contributed by atoms with Gasteiger partial charge in [0.15, 0.2) is 0 Å². The smallest absolute Gasteiger partial charge is 0.320 e. The molecule has 0 fully saturated rings. The van der Waals surface area contributed by atoms with E-state index in [9.17, 15) is 4.79 Å².